The summed E-state index contributed by atoms with van der Waals surface area (Å²) in [6, 6.07) is 2.77. The van der Waals surface area contributed by atoms with Crippen molar-refractivity contribution in [1.82, 2.24) is 14.5 Å². The zero-order chi connectivity index (χ0) is 22.8. The number of aryl methyl sites for hydroxylation is 1. The van der Waals surface area contributed by atoms with E-state index in [1.165, 1.54) is 19.2 Å². The SMILES string of the molecule is CCC(=O)c1cc(S(=O)(=O)NC(=O)Nc2c(C(C)C)cc(F)cc2C(C)C)nn1C. The molecule has 164 valence electrons. The molecule has 2 aromatic rings. The van der Waals surface area contributed by atoms with Crippen LogP contribution in [-0.2, 0) is 17.1 Å². The lowest BCUT2D eigenvalue weighted by atomic mass is 9.92. The fourth-order valence-corrected chi connectivity index (χ4v) is 3.93. The van der Waals surface area contributed by atoms with Gasteiger partial charge >= 0.3 is 6.03 Å². The Bertz CT molecular complexity index is 1050. The van der Waals surface area contributed by atoms with Gasteiger partial charge in [0.2, 0.25) is 0 Å². The molecular weight excluding hydrogens is 411 g/mol. The summed E-state index contributed by atoms with van der Waals surface area (Å²) >= 11 is 0. The summed E-state index contributed by atoms with van der Waals surface area (Å²) in [4.78, 5) is 24.4. The number of carbonyl (C=O) groups excluding carboxylic acids is 2. The van der Waals surface area contributed by atoms with E-state index in [1.807, 2.05) is 32.4 Å². The number of carbonyl (C=O) groups is 2. The van der Waals surface area contributed by atoms with Gasteiger partial charge in [0.25, 0.3) is 10.0 Å². The molecule has 0 bridgehead atoms. The number of anilines is 1. The van der Waals surface area contributed by atoms with E-state index in [0.717, 1.165) is 10.7 Å². The predicted octanol–water partition coefficient (Wildman–Crippen LogP) is 3.91. The van der Waals surface area contributed by atoms with Crippen LogP contribution in [0.3, 0.4) is 0 Å². The van der Waals surface area contributed by atoms with Crippen LogP contribution in [0.4, 0.5) is 14.9 Å². The number of amides is 2. The Morgan fingerprint density at radius 3 is 2.10 bits per heavy atom. The van der Waals surface area contributed by atoms with Crippen LogP contribution in [0.1, 0.15) is 74.5 Å². The standard InChI is InChI=1S/C20H27FN4O4S/c1-7-17(26)16-10-18(23-25(16)6)30(28,29)24-20(27)22-19-14(11(2)3)8-13(21)9-15(19)12(4)5/h8-12H,7H2,1-6H3,(H2,22,24,27). The minimum Gasteiger partial charge on any atom is -0.307 e. The number of rotatable bonds is 7. The monoisotopic (exact) mass is 438 g/mol. The van der Waals surface area contributed by atoms with Crippen LogP contribution in [-0.4, -0.2) is 30.0 Å². The number of sulfonamides is 1. The molecule has 10 heteroatoms. The van der Waals surface area contributed by atoms with Gasteiger partial charge in [-0.05, 0) is 35.1 Å². The topological polar surface area (TPSA) is 110 Å². The first-order valence-electron chi connectivity index (χ1n) is 9.61. The number of nitrogens with zero attached hydrogens (tertiary/aromatic N) is 2. The third kappa shape index (κ3) is 5.05. The molecule has 0 spiro atoms. The maximum Gasteiger partial charge on any atom is 0.333 e. The molecule has 1 heterocycles. The highest BCUT2D eigenvalue weighted by Crippen LogP contribution is 2.33. The fourth-order valence-electron chi connectivity index (χ4n) is 3.03. The lowest BCUT2D eigenvalue weighted by molar-refractivity contribution is 0.0979. The predicted molar refractivity (Wildman–Crippen MR) is 112 cm³/mol. The van der Waals surface area contributed by atoms with Gasteiger partial charge in [-0.1, -0.05) is 34.6 Å². The molecule has 2 amide bonds. The molecular formula is C20H27FN4O4S. The van der Waals surface area contributed by atoms with Crippen LogP contribution in [0.5, 0.6) is 0 Å². The Labute approximate surface area is 175 Å². The van der Waals surface area contributed by atoms with E-state index in [0.29, 0.717) is 16.8 Å². The second kappa shape index (κ2) is 8.95. The van der Waals surface area contributed by atoms with E-state index in [2.05, 4.69) is 10.4 Å². The second-order valence-corrected chi connectivity index (χ2v) is 9.23. The van der Waals surface area contributed by atoms with Crippen LogP contribution in [0.2, 0.25) is 0 Å². The van der Waals surface area contributed by atoms with E-state index in [-0.39, 0.29) is 29.7 Å². The number of ketones is 1. The number of urea groups is 1. The van der Waals surface area contributed by atoms with Gasteiger partial charge in [0, 0.05) is 25.2 Å². The average Bonchev–Trinajstić information content (AvgIpc) is 3.04. The molecule has 0 unspecified atom stereocenters. The van der Waals surface area contributed by atoms with Gasteiger partial charge < -0.3 is 5.32 Å². The number of hydrogen-bond acceptors (Lipinski definition) is 5. The van der Waals surface area contributed by atoms with E-state index < -0.39 is 26.9 Å². The first kappa shape index (κ1) is 23.5. The fraction of sp³-hybridized carbons (Fsp3) is 0.450. The van der Waals surface area contributed by atoms with Crippen molar-refractivity contribution in [3.8, 4) is 0 Å². The van der Waals surface area contributed by atoms with Crippen molar-refractivity contribution < 1.29 is 22.4 Å². The zero-order valence-electron chi connectivity index (χ0n) is 17.9. The molecule has 0 aliphatic heterocycles. The molecule has 0 aliphatic rings. The summed E-state index contributed by atoms with van der Waals surface area (Å²) in [6.45, 7) is 9.03. The van der Waals surface area contributed by atoms with E-state index in [4.69, 9.17) is 0 Å². The molecule has 1 aromatic heterocycles. The van der Waals surface area contributed by atoms with Crippen molar-refractivity contribution in [2.24, 2.45) is 7.05 Å². The summed E-state index contributed by atoms with van der Waals surface area (Å²) in [5.41, 5.74) is 1.61. The van der Waals surface area contributed by atoms with Crippen molar-refractivity contribution in [2.75, 3.05) is 5.32 Å². The normalized spacial score (nSPS) is 11.8. The lowest BCUT2D eigenvalue weighted by Gasteiger charge is -2.20. The average molecular weight is 439 g/mol. The molecule has 0 atom stereocenters. The van der Waals surface area contributed by atoms with Crippen molar-refractivity contribution >= 4 is 27.5 Å². The van der Waals surface area contributed by atoms with Crippen LogP contribution in [0, 0.1) is 5.82 Å². The third-order valence-electron chi connectivity index (χ3n) is 4.61. The van der Waals surface area contributed by atoms with Gasteiger partial charge in [-0.25, -0.2) is 13.9 Å². The molecule has 2 N–H and O–H groups in total. The van der Waals surface area contributed by atoms with E-state index >= 15 is 0 Å². The van der Waals surface area contributed by atoms with E-state index in [9.17, 15) is 22.4 Å². The van der Waals surface area contributed by atoms with Crippen molar-refractivity contribution in [3.63, 3.8) is 0 Å². The molecule has 0 saturated heterocycles. The van der Waals surface area contributed by atoms with Crippen LogP contribution >= 0.6 is 0 Å². The Kier molecular flexibility index (Phi) is 7.02. The molecule has 0 saturated carbocycles. The van der Waals surface area contributed by atoms with Crippen LogP contribution in [0.15, 0.2) is 23.2 Å². The number of hydrogen-bond donors (Lipinski definition) is 2. The number of halogens is 1. The van der Waals surface area contributed by atoms with Crippen LogP contribution in [0.25, 0.3) is 0 Å². The van der Waals surface area contributed by atoms with Crippen molar-refractivity contribution in [3.05, 3.63) is 40.8 Å². The first-order valence-corrected chi connectivity index (χ1v) is 11.1. The summed E-state index contributed by atoms with van der Waals surface area (Å²) in [6.07, 6.45) is 0.188. The van der Waals surface area contributed by atoms with Gasteiger partial charge in [-0.2, -0.15) is 13.5 Å². The lowest BCUT2D eigenvalue weighted by Crippen LogP contribution is -2.35. The summed E-state index contributed by atoms with van der Waals surface area (Å²) in [7, 11) is -2.87. The number of aromatic nitrogens is 2. The number of benzene rings is 1. The molecule has 1 aromatic carbocycles. The van der Waals surface area contributed by atoms with Gasteiger partial charge in [0.15, 0.2) is 10.8 Å². The largest absolute Gasteiger partial charge is 0.333 e. The quantitative estimate of drug-likeness (QED) is 0.637. The number of nitrogens with one attached hydrogen (secondary N) is 2. The minimum atomic E-state index is -4.32. The molecule has 0 radical (unpaired) electrons. The van der Waals surface area contributed by atoms with Gasteiger partial charge in [0.05, 0.1) is 0 Å². The smallest absolute Gasteiger partial charge is 0.307 e. The van der Waals surface area contributed by atoms with Gasteiger partial charge in [0.1, 0.15) is 11.5 Å². The Hall–Kier alpha value is -2.75. The highest BCUT2D eigenvalue weighted by atomic mass is 32.2. The van der Waals surface area contributed by atoms with E-state index in [1.54, 1.807) is 6.92 Å². The summed E-state index contributed by atoms with van der Waals surface area (Å²) in [5, 5.41) is 5.94. The maximum atomic E-state index is 14.0. The Morgan fingerprint density at radius 2 is 1.63 bits per heavy atom. The molecule has 0 aliphatic carbocycles. The Balaban J connectivity index is 2.35. The summed E-state index contributed by atoms with van der Waals surface area (Å²) < 4.78 is 42.3. The van der Waals surface area contributed by atoms with Gasteiger partial charge in [-0.3, -0.25) is 9.48 Å². The molecule has 30 heavy (non-hydrogen) atoms. The molecule has 2 rings (SSSR count). The first-order chi connectivity index (χ1) is 13.9. The maximum absolute atomic E-state index is 14.0. The van der Waals surface area contributed by atoms with Crippen LogP contribution < -0.4 is 10.0 Å². The highest BCUT2D eigenvalue weighted by Gasteiger charge is 2.25. The number of Topliss-reactive ketones (excluding diaryl/α,β-unsaturated/α-hetero) is 1. The zero-order valence-corrected chi connectivity index (χ0v) is 18.7. The Morgan fingerprint density at radius 1 is 1.10 bits per heavy atom. The molecule has 8 nitrogen and oxygen atoms in total. The van der Waals surface area contributed by atoms with Crippen molar-refractivity contribution in [1.29, 1.82) is 0 Å². The van der Waals surface area contributed by atoms with Gasteiger partial charge in [-0.15, -0.1) is 0 Å². The second-order valence-electron chi connectivity index (χ2n) is 7.60. The summed E-state index contributed by atoms with van der Waals surface area (Å²) in [5.74, 6) is -0.917. The third-order valence-corrected chi connectivity index (χ3v) is 5.82. The highest BCUT2D eigenvalue weighted by molar-refractivity contribution is 7.90. The minimum absolute atomic E-state index is 0.108. The molecule has 0 fully saturated rings. The van der Waals surface area contributed by atoms with Crippen molar-refractivity contribution in [2.45, 2.75) is 57.9 Å².